The van der Waals surface area contributed by atoms with E-state index in [1.807, 2.05) is 0 Å². The van der Waals surface area contributed by atoms with Gasteiger partial charge >= 0.3 is 0 Å². The van der Waals surface area contributed by atoms with Crippen LogP contribution in [0.15, 0.2) is 0 Å². The van der Waals surface area contributed by atoms with Gasteiger partial charge < -0.3 is 5.73 Å². The maximum absolute atomic E-state index is 5.88. The molecule has 1 fully saturated rings. The van der Waals surface area contributed by atoms with Crippen LogP contribution in [-0.4, -0.2) is 6.04 Å². The van der Waals surface area contributed by atoms with Gasteiger partial charge in [-0.3, -0.25) is 0 Å². The standard InChI is InChI=1S/C8H17N.ClH/c1-6(2)7-4-3-5-8(7)9;/h6-8H,3-5,9H2,1-2H3;1H/t7-,8-;/m1./s1. The summed E-state index contributed by atoms with van der Waals surface area (Å²) >= 11 is 0. The van der Waals surface area contributed by atoms with Crippen LogP contribution in [0, 0.1) is 11.8 Å². The molecule has 1 nitrogen and oxygen atoms in total. The van der Waals surface area contributed by atoms with Crippen LogP contribution in [0.25, 0.3) is 0 Å². The molecule has 0 heterocycles. The average Bonchev–Trinajstić information content (AvgIpc) is 2.13. The zero-order valence-electron chi connectivity index (χ0n) is 6.84. The Kier molecular flexibility index (Phi) is 4.30. The summed E-state index contributed by atoms with van der Waals surface area (Å²) in [5.74, 6) is 1.60. The van der Waals surface area contributed by atoms with Crippen LogP contribution in [0.3, 0.4) is 0 Å². The summed E-state index contributed by atoms with van der Waals surface area (Å²) in [6.07, 6.45) is 3.96. The van der Waals surface area contributed by atoms with Gasteiger partial charge in [-0.1, -0.05) is 20.3 Å². The van der Waals surface area contributed by atoms with Crippen LogP contribution < -0.4 is 5.73 Å². The Morgan fingerprint density at radius 2 is 1.90 bits per heavy atom. The molecule has 2 N–H and O–H groups in total. The molecular formula is C8H18ClN. The number of rotatable bonds is 1. The van der Waals surface area contributed by atoms with E-state index in [2.05, 4.69) is 13.8 Å². The highest BCUT2D eigenvalue weighted by atomic mass is 35.5. The second kappa shape index (κ2) is 4.20. The third-order valence-corrected chi connectivity index (χ3v) is 2.48. The van der Waals surface area contributed by atoms with E-state index < -0.39 is 0 Å². The smallest absolute Gasteiger partial charge is 0.00696 e. The number of halogens is 1. The molecule has 0 amide bonds. The Labute approximate surface area is 69.8 Å². The normalized spacial score (nSPS) is 32.4. The van der Waals surface area contributed by atoms with Gasteiger partial charge in [0.05, 0.1) is 0 Å². The Bertz CT molecular complexity index is 93.3. The summed E-state index contributed by atoms with van der Waals surface area (Å²) in [5, 5.41) is 0. The molecule has 62 valence electrons. The highest BCUT2D eigenvalue weighted by Crippen LogP contribution is 2.29. The lowest BCUT2D eigenvalue weighted by molar-refractivity contribution is 0.357. The highest BCUT2D eigenvalue weighted by molar-refractivity contribution is 5.85. The summed E-state index contributed by atoms with van der Waals surface area (Å²) in [5.41, 5.74) is 5.88. The van der Waals surface area contributed by atoms with Crippen molar-refractivity contribution >= 4 is 12.4 Å². The first kappa shape index (κ1) is 10.2. The molecule has 2 atom stereocenters. The van der Waals surface area contributed by atoms with Gasteiger partial charge in [-0.05, 0) is 24.7 Å². The van der Waals surface area contributed by atoms with E-state index in [1.54, 1.807) is 0 Å². The molecule has 1 aliphatic carbocycles. The molecule has 2 heteroatoms. The Morgan fingerprint density at radius 1 is 1.30 bits per heavy atom. The van der Waals surface area contributed by atoms with Crippen molar-refractivity contribution in [2.45, 2.75) is 39.2 Å². The molecule has 0 aromatic heterocycles. The van der Waals surface area contributed by atoms with Crippen molar-refractivity contribution in [3.05, 3.63) is 0 Å². The molecule has 1 saturated carbocycles. The molecule has 0 unspecified atom stereocenters. The van der Waals surface area contributed by atoms with Crippen molar-refractivity contribution in [2.24, 2.45) is 17.6 Å². The van der Waals surface area contributed by atoms with Crippen LogP contribution in [0.1, 0.15) is 33.1 Å². The minimum absolute atomic E-state index is 0. The number of nitrogens with two attached hydrogens (primary N) is 1. The van der Waals surface area contributed by atoms with Crippen LogP contribution in [-0.2, 0) is 0 Å². The van der Waals surface area contributed by atoms with Gasteiger partial charge in [0.1, 0.15) is 0 Å². The maximum Gasteiger partial charge on any atom is 0.00696 e. The predicted molar refractivity (Wildman–Crippen MR) is 47.4 cm³/mol. The van der Waals surface area contributed by atoms with E-state index in [0.29, 0.717) is 6.04 Å². The van der Waals surface area contributed by atoms with E-state index >= 15 is 0 Å². The van der Waals surface area contributed by atoms with Crippen molar-refractivity contribution in [2.75, 3.05) is 0 Å². The van der Waals surface area contributed by atoms with Crippen molar-refractivity contribution in [3.63, 3.8) is 0 Å². The zero-order chi connectivity index (χ0) is 6.85. The first-order valence-corrected chi connectivity index (χ1v) is 3.97. The molecule has 0 saturated heterocycles. The summed E-state index contributed by atoms with van der Waals surface area (Å²) in [6.45, 7) is 4.55. The summed E-state index contributed by atoms with van der Waals surface area (Å²) < 4.78 is 0. The lowest BCUT2D eigenvalue weighted by atomic mass is 9.92. The van der Waals surface area contributed by atoms with Crippen LogP contribution >= 0.6 is 12.4 Å². The van der Waals surface area contributed by atoms with E-state index in [9.17, 15) is 0 Å². The third kappa shape index (κ3) is 2.14. The summed E-state index contributed by atoms with van der Waals surface area (Å²) in [6, 6.07) is 0.505. The fraction of sp³-hybridized carbons (Fsp3) is 1.00. The molecule has 0 radical (unpaired) electrons. The quantitative estimate of drug-likeness (QED) is 0.630. The number of hydrogen-bond acceptors (Lipinski definition) is 1. The third-order valence-electron chi connectivity index (χ3n) is 2.48. The molecular weight excluding hydrogens is 146 g/mol. The SMILES string of the molecule is CC(C)[C@H]1CCC[C@H]1N.Cl. The molecule has 0 aliphatic heterocycles. The minimum atomic E-state index is 0. The summed E-state index contributed by atoms with van der Waals surface area (Å²) in [7, 11) is 0. The molecule has 0 spiro atoms. The minimum Gasteiger partial charge on any atom is -0.327 e. The summed E-state index contributed by atoms with van der Waals surface area (Å²) in [4.78, 5) is 0. The van der Waals surface area contributed by atoms with Crippen molar-refractivity contribution in [3.8, 4) is 0 Å². The average molecular weight is 164 g/mol. The highest BCUT2D eigenvalue weighted by Gasteiger charge is 2.25. The van der Waals surface area contributed by atoms with Crippen LogP contribution in [0.4, 0.5) is 0 Å². The van der Waals surface area contributed by atoms with Gasteiger partial charge in [0.2, 0.25) is 0 Å². The van der Waals surface area contributed by atoms with Gasteiger partial charge in [-0.2, -0.15) is 0 Å². The van der Waals surface area contributed by atoms with Gasteiger partial charge in [0.15, 0.2) is 0 Å². The Morgan fingerprint density at radius 3 is 2.10 bits per heavy atom. The van der Waals surface area contributed by atoms with Crippen molar-refractivity contribution in [1.29, 1.82) is 0 Å². The van der Waals surface area contributed by atoms with E-state index in [0.717, 1.165) is 11.8 Å². The second-order valence-corrected chi connectivity index (χ2v) is 3.50. The lowest BCUT2D eigenvalue weighted by Gasteiger charge is -2.18. The predicted octanol–water partition coefficient (Wildman–Crippen LogP) is 2.19. The molecule has 1 aliphatic rings. The van der Waals surface area contributed by atoms with Gasteiger partial charge in [-0.25, -0.2) is 0 Å². The molecule has 10 heavy (non-hydrogen) atoms. The van der Waals surface area contributed by atoms with E-state index in [4.69, 9.17) is 5.73 Å². The van der Waals surface area contributed by atoms with Crippen LogP contribution in [0.5, 0.6) is 0 Å². The topological polar surface area (TPSA) is 26.0 Å². The largest absolute Gasteiger partial charge is 0.327 e. The zero-order valence-corrected chi connectivity index (χ0v) is 7.66. The van der Waals surface area contributed by atoms with Crippen molar-refractivity contribution in [1.82, 2.24) is 0 Å². The Hall–Kier alpha value is 0.250. The fourth-order valence-corrected chi connectivity index (χ4v) is 1.85. The molecule has 0 aromatic carbocycles. The van der Waals surface area contributed by atoms with Crippen molar-refractivity contribution < 1.29 is 0 Å². The van der Waals surface area contributed by atoms with Gasteiger partial charge in [0, 0.05) is 6.04 Å². The molecule has 0 bridgehead atoms. The van der Waals surface area contributed by atoms with E-state index in [-0.39, 0.29) is 12.4 Å². The number of hydrogen-bond donors (Lipinski definition) is 1. The van der Waals surface area contributed by atoms with Crippen LogP contribution in [0.2, 0.25) is 0 Å². The first-order chi connectivity index (χ1) is 4.22. The van der Waals surface area contributed by atoms with E-state index in [1.165, 1.54) is 19.3 Å². The first-order valence-electron chi connectivity index (χ1n) is 3.97. The van der Waals surface area contributed by atoms with Gasteiger partial charge in [0.25, 0.3) is 0 Å². The fourth-order valence-electron chi connectivity index (χ4n) is 1.85. The second-order valence-electron chi connectivity index (χ2n) is 3.50. The Balaban J connectivity index is 0.000000810. The lowest BCUT2D eigenvalue weighted by Crippen LogP contribution is -2.27. The molecule has 1 rings (SSSR count). The van der Waals surface area contributed by atoms with Gasteiger partial charge in [-0.15, -0.1) is 12.4 Å². The monoisotopic (exact) mass is 163 g/mol. The molecule has 0 aromatic rings. The maximum atomic E-state index is 5.88.